The summed E-state index contributed by atoms with van der Waals surface area (Å²) < 4.78 is 1.69. The number of nitrogens with two attached hydrogens (primary N) is 1. The number of amides is 1. The molecule has 5 heteroatoms. The van der Waals surface area contributed by atoms with Crippen LogP contribution < -0.4 is 11.1 Å². The van der Waals surface area contributed by atoms with E-state index in [0.29, 0.717) is 5.56 Å². The zero-order chi connectivity index (χ0) is 15.9. The number of carbonyl (C=O) groups is 1. The Morgan fingerprint density at radius 3 is 2.82 bits per heavy atom. The summed E-state index contributed by atoms with van der Waals surface area (Å²) in [6.07, 6.45) is 2.55. The van der Waals surface area contributed by atoms with Crippen LogP contribution in [0.4, 0.5) is 0 Å². The quantitative estimate of drug-likeness (QED) is 0.909. The Morgan fingerprint density at radius 1 is 1.41 bits per heavy atom. The van der Waals surface area contributed by atoms with Crippen molar-refractivity contribution in [1.29, 1.82) is 0 Å². The van der Waals surface area contributed by atoms with Gasteiger partial charge in [0.2, 0.25) is 0 Å². The summed E-state index contributed by atoms with van der Waals surface area (Å²) in [5, 5.41) is 7.47. The molecule has 0 radical (unpaired) electrons. The van der Waals surface area contributed by atoms with Crippen LogP contribution in [0.3, 0.4) is 0 Å². The molecule has 22 heavy (non-hydrogen) atoms. The van der Waals surface area contributed by atoms with Crippen LogP contribution in [0.2, 0.25) is 0 Å². The van der Waals surface area contributed by atoms with Crippen LogP contribution in [-0.2, 0) is 13.5 Å². The molecule has 5 nitrogen and oxygen atoms in total. The Hall–Kier alpha value is -2.14. The Bertz CT molecular complexity index is 704. The van der Waals surface area contributed by atoms with Crippen LogP contribution in [0, 0.1) is 0 Å². The van der Waals surface area contributed by atoms with Crippen LogP contribution in [-0.4, -0.2) is 21.7 Å². The highest BCUT2D eigenvalue weighted by Crippen LogP contribution is 2.29. The summed E-state index contributed by atoms with van der Waals surface area (Å²) in [5.74, 6) is 0.112. The van der Waals surface area contributed by atoms with E-state index in [1.807, 2.05) is 39.1 Å². The van der Waals surface area contributed by atoms with Gasteiger partial charge in [0.05, 0.1) is 23.3 Å². The molecule has 0 saturated heterocycles. The highest BCUT2D eigenvalue weighted by Gasteiger charge is 2.31. The average Bonchev–Trinajstić information content (AvgIpc) is 3.01. The first-order chi connectivity index (χ1) is 10.5. The molecule has 0 spiro atoms. The van der Waals surface area contributed by atoms with E-state index in [1.54, 1.807) is 10.9 Å². The maximum absolute atomic E-state index is 12.6. The molecule has 2 atom stereocenters. The number of rotatable bonds is 3. The van der Waals surface area contributed by atoms with Crippen LogP contribution in [0.1, 0.15) is 53.0 Å². The number of carbonyl (C=O) groups excluding carboxylic acids is 1. The topological polar surface area (TPSA) is 72.9 Å². The molecule has 1 aromatic carbocycles. The van der Waals surface area contributed by atoms with Crippen molar-refractivity contribution in [1.82, 2.24) is 15.1 Å². The molecular weight excluding hydrogens is 276 g/mol. The van der Waals surface area contributed by atoms with Crippen LogP contribution in [0.5, 0.6) is 0 Å². The molecule has 3 N–H and O–H groups in total. The second-order valence-electron chi connectivity index (χ2n) is 6.27. The van der Waals surface area contributed by atoms with E-state index in [2.05, 4.69) is 16.5 Å². The normalized spacial score (nSPS) is 20.2. The summed E-state index contributed by atoms with van der Waals surface area (Å²) in [7, 11) is 1.83. The molecule has 0 unspecified atom stereocenters. The van der Waals surface area contributed by atoms with Crippen LogP contribution >= 0.6 is 0 Å². The van der Waals surface area contributed by atoms with Crippen molar-refractivity contribution >= 4 is 5.91 Å². The van der Waals surface area contributed by atoms with Crippen molar-refractivity contribution in [2.75, 3.05) is 0 Å². The van der Waals surface area contributed by atoms with Gasteiger partial charge >= 0.3 is 0 Å². The van der Waals surface area contributed by atoms with E-state index in [4.69, 9.17) is 5.73 Å². The van der Waals surface area contributed by atoms with Gasteiger partial charge in [0, 0.05) is 13.2 Å². The van der Waals surface area contributed by atoms with E-state index in [1.165, 1.54) is 5.56 Å². The number of benzene rings is 1. The molecule has 3 rings (SSSR count). The zero-order valence-corrected chi connectivity index (χ0v) is 13.2. The SMILES string of the molecule is CC(C)c1nn(C)cc1C(=O)N[C@@H]1Cc2ccccc2[C@H]1N. The standard InChI is InChI=1S/C17H22N4O/c1-10(2)16-13(9-21(3)20-16)17(22)19-14-8-11-6-4-5-7-12(11)15(14)18/h4-7,9-10,14-15H,8,18H2,1-3H3,(H,19,22)/t14-,15-/m1/s1. The van der Waals surface area contributed by atoms with Gasteiger partial charge in [-0.05, 0) is 23.5 Å². The lowest BCUT2D eigenvalue weighted by molar-refractivity contribution is 0.0932. The number of hydrogen-bond donors (Lipinski definition) is 2. The van der Waals surface area contributed by atoms with Gasteiger partial charge in [-0.2, -0.15) is 5.10 Å². The maximum atomic E-state index is 12.6. The minimum Gasteiger partial charge on any atom is -0.347 e. The highest BCUT2D eigenvalue weighted by molar-refractivity contribution is 5.95. The number of aromatic nitrogens is 2. The lowest BCUT2D eigenvalue weighted by Gasteiger charge is -2.18. The van der Waals surface area contributed by atoms with Crippen molar-refractivity contribution < 1.29 is 4.79 Å². The fraction of sp³-hybridized carbons (Fsp3) is 0.412. The highest BCUT2D eigenvalue weighted by atomic mass is 16.1. The number of nitrogens with one attached hydrogen (secondary N) is 1. The van der Waals surface area contributed by atoms with Crippen molar-refractivity contribution in [3.8, 4) is 0 Å². The van der Waals surface area contributed by atoms with Crippen LogP contribution in [0.15, 0.2) is 30.5 Å². The lowest BCUT2D eigenvalue weighted by Crippen LogP contribution is -2.40. The predicted molar refractivity (Wildman–Crippen MR) is 85.6 cm³/mol. The maximum Gasteiger partial charge on any atom is 0.255 e. The molecule has 1 aromatic heterocycles. The molecule has 0 bridgehead atoms. The first-order valence-electron chi connectivity index (χ1n) is 7.65. The number of fused-ring (bicyclic) bond motifs is 1. The summed E-state index contributed by atoms with van der Waals surface area (Å²) in [6, 6.07) is 7.89. The molecular formula is C17H22N4O. The number of hydrogen-bond acceptors (Lipinski definition) is 3. The molecule has 1 aliphatic rings. The summed E-state index contributed by atoms with van der Waals surface area (Å²) in [5.41, 5.74) is 10.1. The third-order valence-corrected chi connectivity index (χ3v) is 4.25. The summed E-state index contributed by atoms with van der Waals surface area (Å²) >= 11 is 0. The molecule has 0 saturated carbocycles. The monoisotopic (exact) mass is 298 g/mol. The first-order valence-corrected chi connectivity index (χ1v) is 7.65. The second-order valence-corrected chi connectivity index (χ2v) is 6.27. The molecule has 2 aromatic rings. The molecule has 1 aliphatic carbocycles. The molecule has 0 fully saturated rings. The van der Waals surface area contributed by atoms with Gasteiger partial charge in [0.15, 0.2) is 0 Å². The fourth-order valence-electron chi connectivity index (χ4n) is 3.12. The van der Waals surface area contributed by atoms with Crippen molar-refractivity contribution in [3.05, 3.63) is 52.8 Å². The van der Waals surface area contributed by atoms with Gasteiger partial charge in [0.1, 0.15) is 0 Å². The fourth-order valence-corrected chi connectivity index (χ4v) is 3.12. The van der Waals surface area contributed by atoms with Crippen molar-refractivity contribution in [3.63, 3.8) is 0 Å². The van der Waals surface area contributed by atoms with Crippen molar-refractivity contribution in [2.24, 2.45) is 12.8 Å². The van der Waals surface area contributed by atoms with Gasteiger partial charge in [-0.3, -0.25) is 9.48 Å². The van der Waals surface area contributed by atoms with E-state index in [9.17, 15) is 4.79 Å². The first kappa shape index (κ1) is 14.8. The smallest absolute Gasteiger partial charge is 0.255 e. The zero-order valence-electron chi connectivity index (χ0n) is 13.2. The number of aryl methyl sites for hydroxylation is 1. The minimum atomic E-state index is -0.153. The minimum absolute atomic E-state index is 0.0647. The third kappa shape index (κ3) is 2.52. The Morgan fingerprint density at radius 2 is 2.14 bits per heavy atom. The molecule has 1 heterocycles. The lowest BCUT2D eigenvalue weighted by atomic mass is 10.0. The predicted octanol–water partition coefficient (Wildman–Crippen LogP) is 1.90. The van der Waals surface area contributed by atoms with E-state index >= 15 is 0 Å². The summed E-state index contributed by atoms with van der Waals surface area (Å²) in [6.45, 7) is 4.08. The van der Waals surface area contributed by atoms with Gasteiger partial charge in [-0.25, -0.2) is 0 Å². The number of nitrogens with zero attached hydrogens (tertiary/aromatic N) is 2. The molecule has 1 amide bonds. The van der Waals surface area contributed by atoms with Crippen LogP contribution in [0.25, 0.3) is 0 Å². The van der Waals surface area contributed by atoms with Gasteiger partial charge in [-0.15, -0.1) is 0 Å². The van der Waals surface area contributed by atoms with E-state index in [-0.39, 0.29) is 23.9 Å². The average molecular weight is 298 g/mol. The Labute approximate surface area is 130 Å². The Balaban J connectivity index is 1.79. The van der Waals surface area contributed by atoms with Crippen molar-refractivity contribution in [2.45, 2.75) is 38.3 Å². The van der Waals surface area contributed by atoms with Gasteiger partial charge in [0.25, 0.3) is 5.91 Å². The Kier molecular flexibility index (Phi) is 3.74. The van der Waals surface area contributed by atoms with E-state index in [0.717, 1.165) is 17.7 Å². The van der Waals surface area contributed by atoms with Gasteiger partial charge in [-0.1, -0.05) is 38.1 Å². The van der Waals surface area contributed by atoms with Gasteiger partial charge < -0.3 is 11.1 Å². The largest absolute Gasteiger partial charge is 0.347 e. The second kappa shape index (κ2) is 5.57. The third-order valence-electron chi connectivity index (χ3n) is 4.25. The summed E-state index contributed by atoms with van der Waals surface area (Å²) in [4.78, 5) is 12.6. The van der Waals surface area contributed by atoms with E-state index < -0.39 is 0 Å². The molecule has 0 aliphatic heterocycles. The molecule has 116 valence electrons.